The van der Waals surface area contributed by atoms with Gasteiger partial charge in [-0.15, -0.1) is 0 Å². The van der Waals surface area contributed by atoms with Gasteiger partial charge in [-0.2, -0.15) is 0 Å². The van der Waals surface area contributed by atoms with Gasteiger partial charge in [-0.25, -0.2) is 8.78 Å². The van der Waals surface area contributed by atoms with Crippen LogP contribution in [0.5, 0.6) is 11.5 Å². The summed E-state index contributed by atoms with van der Waals surface area (Å²) in [5.41, 5.74) is 2.17. The fourth-order valence-corrected chi connectivity index (χ4v) is 3.22. The fraction of sp³-hybridized carbons (Fsp3) is 0.316. The number of carbonyl (C=O) groups is 1. The van der Waals surface area contributed by atoms with E-state index in [1.807, 2.05) is 19.1 Å². The maximum atomic E-state index is 13.4. The third-order valence-corrected chi connectivity index (χ3v) is 4.61. The minimum atomic E-state index is -1.03. The van der Waals surface area contributed by atoms with Crippen molar-refractivity contribution in [3.63, 3.8) is 0 Å². The molecule has 0 N–H and O–H groups in total. The van der Waals surface area contributed by atoms with E-state index in [0.717, 1.165) is 23.3 Å². The smallest absolute Gasteiger partial charge is 0.254 e. The molecular formula is C19H19F2NO3. The van der Waals surface area contributed by atoms with Gasteiger partial charge in [0.2, 0.25) is 0 Å². The second-order valence-electron chi connectivity index (χ2n) is 5.96. The van der Waals surface area contributed by atoms with Crippen LogP contribution in [0.15, 0.2) is 30.3 Å². The fourth-order valence-electron chi connectivity index (χ4n) is 3.22. The lowest BCUT2D eigenvalue weighted by molar-refractivity contribution is 0.0676. The summed E-state index contributed by atoms with van der Waals surface area (Å²) in [7, 11) is 3.14. The molecular weight excluding hydrogens is 328 g/mol. The number of hydrogen-bond donors (Lipinski definition) is 0. The van der Waals surface area contributed by atoms with Crippen molar-refractivity contribution in [2.75, 3.05) is 20.8 Å². The van der Waals surface area contributed by atoms with E-state index >= 15 is 0 Å². The summed E-state index contributed by atoms with van der Waals surface area (Å²) in [5.74, 6) is -1.08. The largest absolute Gasteiger partial charge is 0.493 e. The highest BCUT2D eigenvalue weighted by Gasteiger charge is 2.30. The second-order valence-corrected chi connectivity index (χ2v) is 5.96. The molecule has 1 aliphatic rings. The van der Waals surface area contributed by atoms with Crippen molar-refractivity contribution in [1.82, 2.24) is 4.90 Å². The lowest BCUT2D eigenvalue weighted by atomic mass is 9.92. The highest BCUT2D eigenvalue weighted by atomic mass is 19.2. The van der Waals surface area contributed by atoms with E-state index in [0.29, 0.717) is 24.5 Å². The van der Waals surface area contributed by atoms with Gasteiger partial charge in [0.05, 0.1) is 20.3 Å². The van der Waals surface area contributed by atoms with E-state index in [1.54, 1.807) is 19.1 Å². The quantitative estimate of drug-likeness (QED) is 0.849. The molecule has 6 heteroatoms. The number of benzene rings is 2. The zero-order valence-electron chi connectivity index (χ0n) is 14.3. The number of nitrogens with zero attached hydrogens (tertiary/aromatic N) is 1. The Kier molecular flexibility index (Phi) is 4.61. The Labute approximate surface area is 145 Å². The van der Waals surface area contributed by atoms with E-state index in [4.69, 9.17) is 9.47 Å². The van der Waals surface area contributed by atoms with Gasteiger partial charge in [-0.1, -0.05) is 0 Å². The molecule has 1 heterocycles. The summed E-state index contributed by atoms with van der Waals surface area (Å²) < 4.78 is 37.2. The van der Waals surface area contributed by atoms with Crippen LogP contribution in [0.3, 0.4) is 0 Å². The Balaban J connectivity index is 1.94. The Morgan fingerprint density at radius 1 is 1.08 bits per heavy atom. The number of amides is 1. The first-order valence-electron chi connectivity index (χ1n) is 7.97. The average Bonchev–Trinajstić information content (AvgIpc) is 2.62. The molecule has 0 fully saturated rings. The monoisotopic (exact) mass is 347 g/mol. The third-order valence-electron chi connectivity index (χ3n) is 4.61. The lowest BCUT2D eigenvalue weighted by Gasteiger charge is -2.36. The summed E-state index contributed by atoms with van der Waals surface area (Å²) in [6.45, 7) is 2.39. The van der Waals surface area contributed by atoms with Gasteiger partial charge in [0.25, 0.3) is 5.91 Å². The molecule has 0 bridgehead atoms. The summed E-state index contributed by atoms with van der Waals surface area (Å²) >= 11 is 0. The summed E-state index contributed by atoms with van der Waals surface area (Å²) in [5, 5.41) is 0. The van der Waals surface area contributed by atoms with Crippen LogP contribution in [0.1, 0.15) is 34.5 Å². The molecule has 1 atom stereocenters. The van der Waals surface area contributed by atoms with Crippen molar-refractivity contribution in [2.45, 2.75) is 19.4 Å². The van der Waals surface area contributed by atoms with Gasteiger partial charge in [0.15, 0.2) is 23.1 Å². The van der Waals surface area contributed by atoms with Crippen LogP contribution in [-0.2, 0) is 6.42 Å². The van der Waals surface area contributed by atoms with Crippen molar-refractivity contribution in [2.24, 2.45) is 0 Å². The van der Waals surface area contributed by atoms with Crippen LogP contribution in [-0.4, -0.2) is 31.6 Å². The number of carbonyl (C=O) groups excluding carboxylic acids is 1. The SMILES string of the molecule is COc1cc2c(cc1OC)C(C)N(C(=O)c1ccc(F)c(F)c1)CC2. The first-order valence-corrected chi connectivity index (χ1v) is 7.97. The Hall–Kier alpha value is -2.63. The first-order chi connectivity index (χ1) is 12.0. The minimum absolute atomic E-state index is 0.134. The van der Waals surface area contributed by atoms with Crippen molar-refractivity contribution in [3.05, 3.63) is 58.7 Å². The number of rotatable bonds is 3. The molecule has 0 radical (unpaired) electrons. The molecule has 3 rings (SSSR count). The standard InChI is InChI=1S/C19H19F2NO3/c1-11-14-10-18(25-3)17(24-2)9-12(14)6-7-22(11)19(23)13-4-5-15(20)16(21)8-13/h4-5,8-11H,6-7H2,1-3H3. The predicted octanol–water partition coefficient (Wildman–Crippen LogP) is 3.74. The topological polar surface area (TPSA) is 38.8 Å². The van der Waals surface area contributed by atoms with E-state index < -0.39 is 11.6 Å². The Morgan fingerprint density at radius 2 is 1.76 bits per heavy atom. The van der Waals surface area contributed by atoms with Crippen LogP contribution >= 0.6 is 0 Å². The van der Waals surface area contributed by atoms with Crippen LogP contribution in [0.4, 0.5) is 8.78 Å². The number of hydrogen-bond acceptors (Lipinski definition) is 3. The molecule has 0 aromatic heterocycles. The maximum Gasteiger partial charge on any atom is 0.254 e. The van der Waals surface area contributed by atoms with Crippen molar-refractivity contribution in [3.8, 4) is 11.5 Å². The zero-order valence-corrected chi connectivity index (χ0v) is 14.3. The van der Waals surface area contributed by atoms with Gasteiger partial charge >= 0.3 is 0 Å². The summed E-state index contributed by atoms with van der Waals surface area (Å²) in [4.78, 5) is 14.4. The molecule has 132 valence electrons. The van der Waals surface area contributed by atoms with E-state index in [9.17, 15) is 13.6 Å². The zero-order chi connectivity index (χ0) is 18.1. The van der Waals surface area contributed by atoms with Crippen LogP contribution < -0.4 is 9.47 Å². The first kappa shape index (κ1) is 17.2. The highest BCUT2D eigenvalue weighted by Crippen LogP contribution is 2.38. The average molecular weight is 347 g/mol. The molecule has 1 amide bonds. The van der Waals surface area contributed by atoms with Crippen molar-refractivity contribution < 1.29 is 23.0 Å². The van der Waals surface area contributed by atoms with Gasteiger partial charge < -0.3 is 14.4 Å². The lowest BCUT2D eigenvalue weighted by Crippen LogP contribution is -2.39. The molecule has 2 aromatic carbocycles. The van der Waals surface area contributed by atoms with E-state index in [2.05, 4.69) is 0 Å². The van der Waals surface area contributed by atoms with E-state index in [-0.39, 0.29) is 17.5 Å². The molecule has 1 unspecified atom stereocenters. The highest BCUT2D eigenvalue weighted by molar-refractivity contribution is 5.94. The van der Waals surface area contributed by atoms with Gasteiger partial charge in [-0.05, 0) is 54.8 Å². The van der Waals surface area contributed by atoms with Crippen LogP contribution in [0.2, 0.25) is 0 Å². The number of ether oxygens (including phenoxy) is 2. The summed E-state index contributed by atoms with van der Waals surface area (Å²) in [6.07, 6.45) is 0.648. The second kappa shape index (κ2) is 6.70. The molecule has 2 aromatic rings. The van der Waals surface area contributed by atoms with E-state index in [1.165, 1.54) is 6.07 Å². The summed E-state index contributed by atoms with van der Waals surface area (Å²) in [6, 6.07) is 6.78. The minimum Gasteiger partial charge on any atom is -0.493 e. The van der Waals surface area contributed by atoms with Crippen LogP contribution in [0, 0.1) is 11.6 Å². The molecule has 0 saturated carbocycles. The number of methoxy groups -OCH3 is 2. The van der Waals surface area contributed by atoms with Crippen LogP contribution in [0.25, 0.3) is 0 Å². The number of halogens is 2. The third kappa shape index (κ3) is 3.04. The maximum absolute atomic E-state index is 13.4. The molecule has 0 saturated heterocycles. The predicted molar refractivity (Wildman–Crippen MR) is 89.1 cm³/mol. The molecule has 4 nitrogen and oxygen atoms in total. The molecule has 1 aliphatic heterocycles. The molecule has 0 spiro atoms. The van der Waals surface area contributed by atoms with Crippen molar-refractivity contribution in [1.29, 1.82) is 0 Å². The van der Waals surface area contributed by atoms with Gasteiger partial charge in [0.1, 0.15) is 0 Å². The van der Waals surface area contributed by atoms with Crippen molar-refractivity contribution >= 4 is 5.91 Å². The molecule has 0 aliphatic carbocycles. The Morgan fingerprint density at radius 3 is 2.40 bits per heavy atom. The normalized spacial score (nSPS) is 16.4. The van der Waals surface area contributed by atoms with Gasteiger partial charge in [-0.3, -0.25) is 4.79 Å². The van der Waals surface area contributed by atoms with Gasteiger partial charge in [0, 0.05) is 12.1 Å². The Bertz CT molecular complexity index is 823. The number of fused-ring (bicyclic) bond motifs is 1. The molecule has 25 heavy (non-hydrogen) atoms.